The van der Waals surface area contributed by atoms with E-state index in [0.717, 1.165) is 11.1 Å². The fourth-order valence-corrected chi connectivity index (χ4v) is 2.53. The van der Waals surface area contributed by atoms with Gasteiger partial charge in [-0.2, -0.15) is 0 Å². The van der Waals surface area contributed by atoms with Crippen LogP contribution in [0.25, 0.3) is 6.08 Å². The van der Waals surface area contributed by atoms with Crippen LogP contribution >= 0.6 is 23.2 Å². The van der Waals surface area contributed by atoms with Gasteiger partial charge in [-0.15, -0.1) is 0 Å². The van der Waals surface area contributed by atoms with Crippen molar-refractivity contribution in [1.82, 2.24) is 5.32 Å². The first-order valence-electron chi connectivity index (χ1n) is 7.72. The molecule has 0 atom stereocenters. The molecule has 136 valence electrons. The Morgan fingerprint density at radius 1 is 1.19 bits per heavy atom. The van der Waals surface area contributed by atoms with Crippen LogP contribution in [0.15, 0.2) is 58.2 Å². The Labute approximate surface area is 162 Å². The van der Waals surface area contributed by atoms with Gasteiger partial charge in [0.2, 0.25) is 0 Å². The van der Waals surface area contributed by atoms with E-state index in [1.807, 2.05) is 42.5 Å². The van der Waals surface area contributed by atoms with Crippen molar-refractivity contribution in [2.45, 2.75) is 6.61 Å². The highest BCUT2D eigenvalue weighted by Crippen LogP contribution is 2.20. The van der Waals surface area contributed by atoms with Gasteiger partial charge >= 0.3 is 0 Å². The Bertz CT molecular complexity index is 831. The van der Waals surface area contributed by atoms with Gasteiger partial charge in [0.25, 0.3) is 5.91 Å². The molecule has 5 nitrogen and oxygen atoms in total. The van der Waals surface area contributed by atoms with Crippen molar-refractivity contribution in [2.24, 2.45) is 5.16 Å². The molecule has 0 aromatic heterocycles. The molecule has 0 bridgehead atoms. The molecule has 0 heterocycles. The minimum Gasteiger partial charge on any atom is -0.489 e. The van der Waals surface area contributed by atoms with Crippen molar-refractivity contribution in [3.63, 3.8) is 0 Å². The number of nitrogens with zero attached hydrogens (tertiary/aromatic N) is 1. The van der Waals surface area contributed by atoms with Gasteiger partial charge in [-0.1, -0.05) is 64.8 Å². The van der Waals surface area contributed by atoms with Gasteiger partial charge in [-0.3, -0.25) is 4.79 Å². The zero-order chi connectivity index (χ0) is 18.9. The molecule has 2 aromatic rings. The predicted octanol–water partition coefficient (Wildman–Crippen LogP) is 4.14. The number of oxime groups is 1. The second-order valence-electron chi connectivity index (χ2n) is 5.15. The lowest BCUT2D eigenvalue weighted by Gasteiger charge is -2.12. The van der Waals surface area contributed by atoms with E-state index in [1.165, 1.54) is 14.2 Å². The van der Waals surface area contributed by atoms with Gasteiger partial charge in [-0.25, -0.2) is 0 Å². The molecule has 26 heavy (non-hydrogen) atoms. The van der Waals surface area contributed by atoms with E-state index in [4.69, 9.17) is 32.8 Å². The third-order valence-corrected chi connectivity index (χ3v) is 3.64. The third kappa shape index (κ3) is 5.51. The summed E-state index contributed by atoms with van der Waals surface area (Å²) in [7, 11) is 2.93. The molecular formula is C19H18Cl2N2O3. The fraction of sp³-hybridized carbons (Fsp3) is 0.158. The van der Waals surface area contributed by atoms with Crippen molar-refractivity contribution in [2.75, 3.05) is 14.2 Å². The Hall–Kier alpha value is -2.50. The fourth-order valence-electron chi connectivity index (χ4n) is 2.28. The monoisotopic (exact) mass is 392 g/mol. The van der Waals surface area contributed by atoms with Crippen LogP contribution in [0.3, 0.4) is 0 Å². The smallest absolute Gasteiger partial charge is 0.273 e. The summed E-state index contributed by atoms with van der Waals surface area (Å²) in [6.07, 6.45) is 1.62. The van der Waals surface area contributed by atoms with E-state index in [9.17, 15) is 4.79 Å². The molecule has 0 radical (unpaired) electrons. The maximum Gasteiger partial charge on any atom is 0.273 e. The quantitative estimate of drug-likeness (QED) is 0.568. The van der Waals surface area contributed by atoms with Gasteiger partial charge < -0.3 is 14.9 Å². The summed E-state index contributed by atoms with van der Waals surface area (Å²) < 4.78 is 6.02. The average molecular weight is 393 g/mol. The van der Waals surface area contributed by atoms with E-state index in [1.54, 1.807) is 12.1 Å². The van der Waals surface area contributed by atoms with E-state index >= 15 is 0 Å². The summed E-state index contributed by atoms with van der Waals surface area (Å²) in [5, 5.41) is 6.39. The SMILES string of the molecule is CNC(=O)/C(=N/OC)c1ccccc1COc1cccc(C=C(Cl)Cl)c1. The molecule has 0 aliphatic rings. The molecule has 0 aliphatic carbocycles. The molecule has 0 saturated heterocycles. The van der Waals surface area contributed by atoms with Gasteiger partial charge in [0.1, 0.15) is 24.0 Å². The van der Waals surface area contributed by atoms with E-state index in [0.29, 0.717) is 11.3 Å². The first kappa shape index (κ1) is 19.8. The molecule has 7 heteroatoms. The lowest BCUT2D eigenvalue weighted by molar-refractivity contribution is -0.114. The molecule has 1 N–H and O–H groups in total. The molecule has 0 spiro atoms. The van der Waals surface area contributed by atoms with Crippen molar-refractivity contribution in [1.29, 1.82) is 0 Å². The second kappa shape index (κ2) is 9.85. The van der Waals surface area contributed by atoms with E-state index in [-0.39, 0.29) is 22.7 Å². The van der Waals surface area contributed by atoms with Crippen molar-refractivity contribution in [3.8, 4) is 5.75 Å². The Balaban J connectivity index is 2.25. The van der Waals surface area contributed by atoms with Gasteiger partial charge in [-0.05, 0) is 29.3 Å². The van der Waals surface area contributed by atoms with Crippen LogP contribution in [-0.4, -0.2) is 25.8 Å². The van der Waals surface area contributed by atoms with Crippen molar-refractivity contribution in [3.05, 3.63) is 69.7 Å². The highest BCUT2D eigenvalue weighted by atomic mass is 35.5. The summed E-state index contributed by atoms with van der Waals surface area (Å²) in [5.74, 6) is 0.302. The molecule has 0 unspecified atom stereocenters. The van der Waals surface area contributed by atoms with Crippen molar-refractivity contribution < 1.29 is 14.4 Å². The molecular weight excluding hydrogens is 375 g/mol. The second-order valence-corrected chi connectivity index (χ2v) is 6.16. The van der Waals surface area contributed by atoms with E-state index < -0.39 is 0 Å². The summed E-state index contributed by atoms with van der Waals surface area (Å²) in [4.78, 5) is 16.9. The first-order valence-corrected chi connectivity index (χ1v) is 8.47. The van der Waals surface area contributed by atoms with Gasteiger partial charge in [0.15, 0.2) is 5.71 Å². The van der Waals surface area contributed by atoms with Crippen LogP contribution in [0.1, 0.15) is 16.7 Å². The number of halogens is 2. The zero-order valence-electron chi connectivity index (χ0n) is 14.3. The normalized spacial score (nSPS) is 10.8. The molecule has 0 aliphatic heterocycles. The molecule has 2 rings (SSSR count). The Morgan fingerprint density at radius 3 is 2.65 bits per heavy atom. The molecule has 2 aromatic carbocycles. The number of nitrogens with one attached hydrogen (secondary N) is 1. The lowest BCUT2D eigenvalue weighted by atomic mass is 10.0. The minimum absolute atomic E-state index is 0.165. The number of hydrogen-bond donors (Lipinski definition) is 1. The summed E-state index contributed by atoms with van der Waals surface area (Å²) in [6, 6.07) is 14.7. The highest BCUT2D eigenvalue weighted by molar-refractivity contribution is 6.57. The summed E-state index contributed by atoms with van der Waals surface area (Å²) in [6.45, 7) is 0.248. The van der Waals surface area contributed by atoms with Crippen LogP contribution in [-0.2, 0) is 16.2 Å². The number of amides is 1. The number of benzene rings is 2. The number of ether oxygens (including phenoxy) is 1. The number of likely N-dealkylation sites (N-methyl/N-ethyl adjacent to an activating group) is 1. The maximum atomic E-state index is 12.1. The predicted molar refractivity (Wildman–Crippen MR) is 105 cm³/mol. The minimum atomic E-state index is -0.344. The van der Waals surface area contributed by atoms with Crippen LogP contribution in [0.5, 0.6) is 5.75 Å². The Morgan fingerprint density at radius 2 is 1.96 bits per heavy atom. The topological polar surface area (TPSA) is 59.9 Å². The Kier molecular flexibility index (Phi) is 7.51. The summed E-state index contributed by atoms with van der Waals surface area (Å²) >= 11 is 11.4. The number of hydrogen-bond acceptors (Lipinski definition) is 4. The molecule has 0 fully saturated rings. The standard InChI is InChI=1S/C19H18Cl2N2O3/c1-22-19(24)18(23-25-2)16-9-4-3-7-14(16)12-26-15-8-5-6-13(10-15)11-17(20)21/h3-11H,12H2,1-2H3,(H,22,24)/b23-18+. The number of carbonyl (C=O) groups is 1. The van der Waals surface area contributed by atoms with Crippen LogP contribution < -0.4 is 10.1 Å². The lowest BCUT2D eigenvalue weighted by Crippen LogP contribution is -2.29. The summed E-state index contributed by atoms with van der Waals surface area (Å²) in [5.41, 5.74) is 2.43. The average Bonchev–Trinajstić information content (AvgIpc) is 2.64. The van der Waals surface area contributed by atoms with Gasteiger partial charge in [0, 0.05) is 12.6 Å². The number of rotatable bonds is 7. The number of carbonyl (C=O) groups excluding carboxylic acids is 1. The largest absolute Gasteiger partial charge is 0.489 e. The van der Waals surface area contributed by atoms with Gasteiger partial charge in [0.05, 0.1) is 0 Å². The first-order chi connectivity index (χ1) is 12.5. The molecule has 0 saturated carbocycles. The zero-order valence-corrected chi connectivity index (χ0v) is 15.8. The van der Waals surface area contributed by atoms with Crippen molar-refractivity contribution >= 4 is 40.9 Å². The highest BCUT2D eigenvalue weighted by Gasteiger charge is 2.17. The molecule has 1 amide bonds. The van der Waals surface area contributed by atoms with Crippen LogP contribution in [0, 0.1) is 0 Å². The maximum absolute atomic E-state index is 12.1. The van der Waals surface area contributed by atoms with Crippen LogP contribution in [0.4, 0.5) is 0 Å². The van der Waals surface area contributed by atoms with E-state index in [2.05, 4.69) is 10.5 Å². The third-order valence-electron chi connectivity index (χ3n) is 3.43. The van der Waals surface area contributed by atoms with Crippen LogP contribution in [0.2, 0.25) is 0 Å².